The first-order chi connectivity index (χ1) is 13.2. The first-order valence-corrected chi connectivity index (χ1v) is 10.7. The third kappa shape index (κ3) is 4.68. The van der Waals surface area contributed by atoms with Gasteiger partial charge in [-0.15, -0.1) is 11.3 Å². The molecular formula is C19H19N3O4S2. The van der Waals surface area contributed by atoms with E-state index in [4.69, 9.17) is 4.52 Å². The Bertz CT molecular complexity index is 1140. The summed E-state index contributed by atoms with van der Waals surface area (Å²) in [4.78, 5) is 12.0. The minimum absolute atomic E-state index is 0.199. The van der Waals surface area contributed by atoms with E-state index in [2.05, 4.69) is 15.2 Å². The van der Waals surface area contributed by atoms with Gasteiger partial charge < -0.3 is 9.84 Å². The SMILES string of the molecule is CC(=O)Nc1c(C)noc1/C=C/c1ccc(S(=O)(=O)Nc2cccc(C)c2)s1. The number of benzene rings is 1. The fourth-order valence-electron chi connectivity index (χ4n) is 2.47. The van der Waals surface area contributed by atoms with Gasteiger partial charge >= 0.3 is 0 Å². The van der Waals surface area contributed by atoms with Gasteiger partial charge in [0.2, 0.25) is 5.91 Å². The molecule has 0 fully saturated rings. The standard InChI is InChI=1S/C19H19N3O4S2/c1-12-5-4-6-15(11-12)22-28(24,25)18-10-8-16(27-18)7-9-17-19(20-14(3)23)13(2)21-26-17/h4-11,22H,1-3H3,(H,20,23)/b9-7+. The molecule has 1 aromatic carbocycles. The van der Waals surface area contributed by atoms with Crippen LogP contribution in [0.25, 0.3) is 12.2 Å². The van der Waals surface area contributed by atoms with Gasteiger partial charge in [-0.05, 0) is 55.8 Å². The summed E-state index contributed by atoms with van der Waals surface area (Å²) < 4.78 is 33.1. The molecule has 0 spiro atoms. The van der Waals surface area contributed by atoms with Gasteiger partial charge in [-0.3, -0.25) is 9.52 Å². The topological polar surface area (TPSA) is 101 Å². The molecule has 3 rings (SSSR count). The van der Waals surface area contributed by atoms with Crippen LogP contribution in [0.5, 0.6) is 0 Å². The number of sulfonamides is 1. The number of aryl methyl sites for hydroxylation is 2. The number of anilines is 2. The van der Waals surface area contributed by atoms with E-state index >= 15 is 0 Å². The largest absolute Gasteiger partial charge is 0.354 e. The summed E-state index contributed by atoms with van der Waals surface area (Å²) in [5, 5.41) is 6.51. The second-order valence-electron chi connectivity index (χ2n) is 6.15. The van der Waals surface area contributed by atoms with Crippen LogP contribution in [0.2, 0.25) is 0 Å². The van der Waals surface area contributed by atoms with Gasteiger partial charge in [0, 0.05) is 17.5 Å². The molecule has 9 heteroatoms. The summed E-state index contributed by atoms with van der Waals surface area (Å²) in [6.07, 6.45) is 3.35. The molecule has 146 valence electrons. The summed E-state index contributed by atoms with van der Waals surface area (Å²) in [6, 6.07) is 10.4. The molecule has 0 aliphatic rings. The van der Waals surface area contributed by atoms with Crippen LogP contribution >= 0.6 is 11.3 Å². The molecule has 1 amide bonds. The molecule has 0 aliphatic carbocycles. The highest BCUT2D eigenvalue weighted by Crippen LogP contribution is 2.27. The van der Waals surface area contributed by atoms with Gasteiger partial charge in [-0.1, -0.05) is 17.3 Å². The van der Waals surface area contributed by atoms with Gasteiger partial charge in [0.15, 0.2) is 5.76 Å². The molecule has 0 radical (unpaired) electrons. The summed E-state index contributed by atoms with van der Waals surface area (Å²) in [6.45, 7) is 5.02. The Morgan fingerprint density at radius 3 is 2.68 bits per heavy atom. The number of carbonyl (C=O) groups is 1. The van der Waals surface area contributed by atoms with E-state index in [1.165, 1.54) is 6.92 Å². The molecule has 2 aromatic heterocycles. The fraction of sp³-hybridized carbons (Fsp3) is 0.158. The van der Waals surface area contributed by atoms with Crippen molar-refractivity contribution in [3.05, 3.63) is 58.3 Å². The van der Waals surface area contributed by atoms with Crippen LogP contribution in [0.1, 0.15) is 28.8 Å². The van der Waals surface area contributed by atoms with Crippen molar-refractivity contribution < 1.29 is 17.7 Å². The quantitative estimate of drug-likeness (QED) is 0.623. The molecule has 0 aliphatic heterocycles. The van der Waals surface area contributed by atoms with Crippen LogP contribution in [0, 0.1) is 13.8 Å². The number of rotatable bonds is 6. The number of thiophene rings is 1. The van der Waals surface area contributed by atoms with Crippen molar-refractivity contribution in [2.24, 2.45) is 0 Å². The molecule has 3 aromatic rings. The Morgan fingerprint density at radius 1 is 1.18 bits per heavy atom. The van der Waals surface area contributed by atoms with Crippen LogP contribution in [0.15, 0.2) is 45.1 Å². The van der Waals surface area contributed by atoms with E-state index in [-0.39, 0.29) is 10.1 Å². The third-order valence-corrected chi connectivity index (χ3v) is 6.65. The Hall–Kier alpha value is -2.91. The average Bonchev–Trinajstić information content (AvgIpc) is 3.21. The van der Waals surface area contributed by atoms with Crippen molar-refractivity contribution in [1.82, 2.24) is 5.16 Å². The molecule has 28 heavy (non-hydrogen) atoms. The number of hydrogen-bond acceptors (Lipinski definition) is 6. The summed E-state index contributed by atoms with van der Waals surface area (Å²) in [5.74, 6) is 0.163. The fourth-order valence-corrected chi connectivity index (χ4v) is 4.75. The van der Waals surface area contributed by atoms with Gasteiger partial charge in [-0.25, -0.2) is 8.42 Å². The van der Waals surface area contributed by atoms with Crippen LogP contribution in [-0.2, 0) is 14.8 Å². The first-order valence-electron chi connectivity index (χ1n) is 8.36. The normalized spacial score (nSPS) is 11.7. The van der Waals surface area contributed by atoms with Crippen LogP contribution in [-0.4, -0.2) is 19.5 Å². The Balaban J connectivity index is 1.79. The minimum atomic E-state index is -3.67. The lowest BCUT2D eigenvalue weighted by molar-refractivity contribution is -0.114. The average molecular weight is 418 g/mol. The molecule has 0 unspecified atom stereocenters. The lowest BCUT2D eigenvalue weighted by Crippen LogP contribution is -2.11. The van der Waals surface area contributed by atoms with Crippen LogP contribution < -0.4 is 10.0 Å². The number of nitrogens with zero attached hydrogens (tertiary/aromatic N) is 1. The zero-order chi connectivity index (χ0) is 20.3. The zero-order valence-electron chi connectivity index (χ0n) is 15.5. The number of hydrogen-bond donors (Lipinski definition) is 2. The molecule has 2 heterocycles. The van der Waals surface area contributed by atoms with Gasteiger partial charge in [0.25, 0.3) is 10.0 Å². The van der Waals surface area contributed by atoms with E-state index in [0.717, 1.165) is 16.9 Å². The maximum absolute atomic E-state index is 12.6. The molecule has 7 nitrogen and oxygen atoms in total. The van der Waals surface area contributed by atoms with Crippen molar-refractivity contribution in [2.45, 2.75) is 25.0 Å². The Labute approximate surface area is 167 Å². The second-order valence-corrected chi connectivity index (χ2v) is 9.18. The van der Waals surface area contributed by atoms with Crippen molar-refractivity contribution >= 4 is 50.8 Å². The maximum Gasteiger partial charge on any atom is 0.271 e. The monoisotopic (exact) mass is 417 g/mol. The van der Waals surface area contributed by atoms with E-state index in [1.807, 2.05) is 13.0 Å². The number of amides is 1. The first kappa shape index (κ1) is 19.8. The van der Waals surface area contributed by atoms with Gasteiger partial charge in [0.05, 0.1) is 0 Å². The van der Waals surface area contributed by atoms with Crippen LogP contribution in [0.4, 0.5) is 11.4 Å². The predicted octanol–water partition coefficient (Wildman–Crippen LogP) is 4.28. The van der Waals surface area contributed by atoms with E-state index in [1.54, 1.807) is 49.4 Å². The zero-order valence-corrected chi connectivity index (χ0v) is 17.1. The van der Waals surface area contributed by atoms with Gasteiger partial charge in [-0.2, -0.15) is 0 Å². The van der Waals surface area contributed by atoms with Crippen molar-refractivity contribution in [3.63, 3.8) is 0 Å². The lowest BCUT2D eigenvalue weighted by atomic mass is 10.2. The molecule has 0 atom stereocenters. The molecule has 0 saturated carbocycles. The van der Waals surface area contributed by atoms with Gasteiger partial charge in [0.1, 0.15) is 15.6 Å². The number of aromatic nitrogens is 1. The van der Waals surface area contributed by atoms with Crippen molar-refractivity contribution in [3.8, 4) is 0 Å². The van der Waals surface area contributed by atoms with E-state index < -0.39 is 10.0 Å². The highest BCUT2D eigenvalue weighted by molar-refractivity contribution is 7.94. The number of nitrogens with one attached hydrogen (secondary N) is 2. The maximum atomic E-state index is 12.6. The van der Waals surface area contributed by atoms with E-state index in [0.29, 0.717) is 27.7 Å². The number of carbonyl (C=O) groups excluding carboxylic acids is 1. The molecule has 0 saturated heterocycles. The van der Waals surface area contributed by atoms with Crippen molar-refractivity contribution in [1.29, 1.82) is 0 Å². The summed E-state index contributed by atoms with van der Waals surface area (Å²) in [5.41, 5.74) is 2.54. The Morgan fingerprint density at radius 2 is 1.96 bits per heavy atom. The second kappa shape index (κ2) is 7.99. The third-order valence-electron chi connectivity index (χ3n) is 3.73. The predicted molar refractivity (Wildman–Crippen MR) is 111 cm³/mol. The molecule has 2 N–H and O–H groups in total. The summed E-state index contributed by atoms with van der Waals surface area (Å²) in [7, 11) is -3.67. The molecule has 0 bridgehead atoms. The van der Waals surface area contributed by atoms with Crippen molar-refractivity contribution in [2.75, 3.05) is 10.0 Å². The Kier molecular flexibility index (Phi) is 5.66. The smallest absolute Gasteiger partial charge is 0.271 e. The highest BCUT2D eigenvalue weighted by atomic mass is 32.2. The lowest BCUT2D eigenvalue weighted by Gasteiger charge is -2.06. The highest BCUT2D eigenvalue weighted by Gasteiger charge is 2.17. The summed E-state index contributed by atoms with van der Waals surface area (Å²) >= 11 is 1.12. The van der Waals surface area contributed by atoms with Crippen LogP contribution in [0.3, 0.4) is 0 Å². The minimum Gasteiger partial charge on any atom is -0.354 e. The molecular weight excluding hydrogens is 398 g/mol. The van der Waals surface area contributed by atoms with E-state index in [9.17, 15) is 13.2 Å².